The molecular formula is C13H16N4OS. The van der Waals surface area contributed by atoms with E-state index in [1.54, 1.807) is 29.7 Å². The molecule has 0 radical (unpaired) electrons. The van der Waals surface area contributed by atoms with E-state index < -0.39 is 0 Å². The molecule has 0 saturated heterocycles. The molecule has 3 N–H and O–H groups in total. The van der Waals surface area contributed by atoms with Crippen LogP contribution in [0.2, 0.25) is 0 Å². The van der Waals surface area contributed by atoms with Gasteiger partial charge in [-0.2, -0.15) is 0 Å². The number of oxime groups is 1. The Labute approximate surface area is 116 Å². The number of thiophene rings is 1. The lowest BCUT2D eigenvalue weighted by Crippen LogP contribution is -2.23. The van der Waals surface area contributed by atoms with Crippen LogP contribution in [0.15, 0.2) is 41.0 Å². The molecule has 1 unspecified atom stereocenters. The topological polar surface area (TPSA) is 74.7 Å². The quantitative estimate of drug-likeness (QED) is 0.389. The number of nitrogens with two attached hydrogens (primary N) is 1. The van der Waals surface area contributed by atoms with E-state index in [1.807, 2.05) is 13.1 Å². The van der Waals surface area contributed by atoms with Crippen LogP contribution < -0.4 is 10.6 Å². The number of amidine groups is 1. The molecule has 100 valence electrons. The van der Waals surface area contributed by atoms with Crippen molar-refractivity contribution >= 4 is 23.0 Å². The first kappa shape index (κ1) is 13.4. The Bertz CT molecular complexity index is 568. The molecule has 0 aliphatic rings. The summed E-state index contributed by atoms with van der Waals surface area (Å²) in [5, 5.41) is 13.8. The van der Waals surface area contributed by atoms with Gasteiger partial charge in [0.1, 0.15) is 5.82 Å². The van der Waals surface area contributed by atoms with E-state index in [4.69, 9.17) is 10.9 Å². The number of hydrogen-bond acceptors (Lipinski definition) is 5. The summed E-state index contributed by atoms with van der Waals surface area (Å²) in [7, 11) is 1.97. The first-order valence-electron chi connectivity index (χ1n) is 5.83. The largest absolute Gasteiger partial charge is 0.409 e. The van der Waals surface area contributed by atoms with Crippen molar-refractivity contribution in [2.24, 2.45) is 10.9 Å². The molecule has 2 aromatic rings. The third-order valence-electron chi connectivity index (χ3n) is 3.05. The number of pyridine rings is 1. The minimum atomic E-state index is 0.0841. The number of hydrogen-bond donors (Lipinski definition) is 2. The van der Waals surface area contributed by atoms with Crippen LogP contribution in [-0.2, 0) is 0 Å². The van der Waals surface area contributed by atoms with Crippen LogP contribution in [0.4, 0.5) is 5.82 Å². The summed E-state index contributed by atoms with van der Waals surface area (Å²) in [6, 6.07) is 7.86. The molecule has 0 aromatic carbocycles. The summed E-state index contributed by atoms with van der Waals surface area (Å²) in [6.45, 7) is 2.11. The van der Waals surface area contributed by atoms with E-state index in [1.165, 1.54) is 4.88 Å². The predicted octanol–water partition coefficient (Wildman–Crippen LogP) is 2.44. The molecule has 0 aliphatic carbocycles. The summed E-state index contributed by atoms with van der Waals surface area (Å²) in [6.07, 6.45) is 1.65. The Hall–Kier alpha value is -2.08. The van der Waals surface area contributed by atoms with Gasteiger partial charge in [-0.1, -0.05) is 11.2 Å². The molecule has 2 heterocycles. The normalized spacial score (nSPS) is 13.3. The maximum atomic E-state index is 8.71. The maximum absolute atomic E-state index is 8.71. The SMILES string of the molecule is CC(c1cccs1)N(C)c1cc(/C(N)=N/O)ccn1. The van der Waals surface area contributed by atoms with Gasteiger partial charge in [0.05, 0.1) is 6.04 Å². The molecule has 0 aliphatic heterocycles. The van der Waals surface area contributed by atoms with Crippen molar-refractivity contribution in [3.63, 3.8) is 0 Å². The minimum absolute atomic E-state index is 0.0841. The van der Waals surface area contributed by atoms with Crippen LogP contribution in [-0.4, -0.2) is 23.1 Å². The first-order valence-corrected chi connectivity index (χ1v) is 6.71. The highest BCUT2D eigenvalue weighted by atomic mass is 32.1. The fraction of sp³-hybridized carbons (Fsp3) is 0.231. The average molecular weight is 276 g/mol. The van der Waals surface area contributed by atoms with E-state index in [0.717, 1.165) is 5.82 Å². The van der Waals surface area contributed by atoms with Crippen LogP contribution >= 0.6 is 11.3 Å². The second-order valence-corrected chi connectivity index (χ2v) is 5.17. The van der Waals surface area contributed by atoms with Gasteiger partial charge in [-0.05, 0) is 30.5 Å². The van der Waals surface area contributed by atoms with Gasteiger partial charge < -0.3 is 15.8 Å². The summed E-state index contributed by atoms with van der Waals surface area (Å²) in [5.41, 5.74) is 6.24. The molecule has 0 spiro atoms. The van der Waals surface area contributed by atoms with E-state index in [0.29, 0.717) is 5.56 Å². The van der Waals surface area contributed by atoms with Crippen LogP contribution in [0.3, 0.4) is 0 Å². The van der Waals surface area contributed by atoms with Gasteiger partial charge in [-0.3, -0.25) is 0 Å². The predicted molar refractivity (Wildman–Crippen MR) is 77.9 cm³/mol. The van der Waals surface area contributed by atoms with Gasteiger partial charge in [-0.15, -0.1) is 11.3 Å². The molecule has 2 aromatic heterocycles. The van der Waals surface area contributed by atoms with Crippen LogP contribution in [0.1, 0.15) is 23.4 Å². The van der Waals surface area contributed by atoms with Gasteiger partial charge in [0, 0.05) is 23.7 Å². The average Bonchev–Trinajstić information content (AvgIpc) is 2.99. The maximum Gasteiger partial charge on any atom is 0.170 e. The van der Waals surface area contributed by atoms with Crippen LogP contribution in [0.25, 0.3) is 0 Å². The third kappa shape index (κ3) is 2.85. The summed E-state index contributed by atoms with van der Waals surface area (Å²) < 4.78 is 0. The molecule has 0 fully saturated rings. The molecular weight excluding hydrogens is 260 g/mol. The summed E-state index contributed by atoms with van der Waals surface area (Å²) >= 11 is 1.71. The molecule has 2 rings (SSSR count). The van der Waals surface area contributed by atoms with Crippen molar-refractivity contribution in [2.75, 3.05) is 11.9 Å². The minimum Gasteiger partial charge on any atom is -0.409 e. The Morgan fingerprint density at radius 2 is 2.32 bits per heavy atom. The number of anilines is 1. The molecule has 0 saturated carbocycles. The smallest absolute Gasteiger partial charge is 0.170 e. The van der Waals surface area contributed by atoms with E-state index in [2.05, 4.69) is 33.4 Å². The van der Waals surface area contributed by atoms with Crippen molar-refractivity contribution in [1.82, 2.24) is 4.98 Å². The van der Waals surface area contributed by atoms with Gasteiger partial charge in [-0.25, -0.2) is 4.98 Å². The van der Waals surface area contributed by atoms with Gasteiger partial charge in [0.25, 0.3) is 0 Å². The lowest BCUT2D eigenvalue weighted by Gasteiger charge is -2.25. The first-order chi connectivity index (χ1) is 9.13. The van der Waals surface area contributed by atoms with Crippen molar-refractivity contribution in [2.45, 2.75) is 13.0 Å². The highest BCUT2D eigenvalue weighted by Gasteiger charge is 2.15. The molecule has 19 heavy (non-hydrogen) atoms. The van der Waals surface area contributed by atoms with Crippen molar-refractivity contribution in [1.29, 1.82) is 0 Å². The lowest BCUT2D eigenvalue weighted by molar-refractivity contribution is 0.318. The monoisotopic (exact) mass is 276 g/mol. The fourth-order valence-electron chi connectivity index (χ4n) is 1.75. The van der Waals surface area contributed by atoms with Crippen molar-refractivity contribution in [3.05, 3.63) is 46.3 Å². The zero-order valence-corrected chi connectivity index (χ0v) is 11.6. The Balaban J connectivity index is 2.26. The molecule has 6 heteroatoms. The highest BCUT2D eigenvalue weighted by molar-refractivity contribution is 7.10. The number of aromatic nitrogens is 1. The standard InChI is InChI=1S/C13H16N4OS/c1-9(11-4-3-7-19-11)17(2)12-8-10(5-6-15-12)13(14)16-18/h3-9,18H,1-2H3,(H2,14,16). The number of rotatable bonds is 4. The Morgan fingerprint density at radius 3 is 2.95 bits per heavy atom. The molecule has 5 nitrogen and oxygen atoms in total. The zero-order valence-electron chi connectivity index (χ0n) is 10.8. The van der Waals surface area contributed by atoms with Crippen LogP contribution in [0.5, 0.6) is 0 Å². The van der Waals surface area contributed by atoms with Gasteiger partial charge >= 0.3 is 0 Å². The van der Waals surface area contributed by atoms with E-state index in [9.17, 15) is 0 Å². The lowest BCUT2D eigenvalue weighted by atomic mass is 10.2. The number of nitrogens with zero attached hydrogens (tertiary/aromatic N) is 3. The van der Waals surface area contributed by atoms with Gasteiger partial charge in [0.2, 0.25) is 0 Å². The zero-order chi connectivity index (χ0) is 13.8. The van der Waals surface area contributed by atoms with Crippen molar-refractivity contribution < 1.29 is 5.21 Å². The Morgan fingerprint density at radius 1 is 1.53 bits per heavy atom. The van der Waals surface area contributed by atoms with Crippen LogP contribution in [0, 0.1) is 0 Å². The highest BCUT2D eigenvalue weighted by Crippen LogP contribution is 2.27. The molecule has 0 amide bonds. The second-order valence-electron chi connectivity index (χ2n) is 4.19. The van der Waals surface area contributed by atoms with Crippen molar-refractivity contribution in [3.8, 4) is 0 Å². The second kappa shape index (κ2) is 5.71. The van der Waals surface area contributed by atoms with E-state index >= 15 is 0 Å². The van der Waals surface area contributed by atoms with Gasteiger partial charge in [0.15, 0.2) is 5.84 Å². The molecule has 0 bridgehead atoms. The third-order valence-corrected chi connectivity index (χ3v) is 4.09. The molecule has 1 atom stereocenters. The summed E-state index contributed by atoms with van der Waals surface area (Å²) in [4.78, 5) is 7.64. The summed E-state index contributed by atoms with van der Waals surface area (Å²) in [5.74, 6) is 0.867. The van der Waals surface area contributed by atoms with E-state index in [-0.39, 0.29) is 11.9 Å². The fourth-order valence-corrected chi connectivity index (χ4v) is 2.57. The Kier molecular flexibility index (Phi) is 4.01.